The highest BCUT2D eigenvalue weighted by Crippen LogP contribution is 2.18. The number of benzene rings is 2. The van der Waals surface area contributed by atoms with Gasteiger partial charge in [0.25, 0.3) is 20.2 Å². The van der Waals surface area contributed by atoms with Gasteiger partial charge in [-0.1, -0.05) is 101 Å². The average molecular weight is 499 g/mol. The fraction of sp³-hybridized carbons (Fsp3) is 0.520. The normalized spacial score (nSPS) is 11.6. The van der Waals surface area contributed by atoms with E-state index in [1.165, 1.54) is 69.6 Å². The standard InChI is InChI=1S/C18H30O3S.C7H8O3S/c1-2-3-4-5-6-7-8-9-10-11-14-17-15-12-13-16-18(17)22(19,20)21;1-6-2-4-7(5-3-6)11(8,9)10/h12-13,15-16H,2-11,14H2,1H3,(H,19,20,21);2-5H,1H3,(H,8,9,10). The molecule has 0 heterocycles. The van der Waals surface area contributed by atoms with Crippen molar-refractivity contribution < 1.29 is 25.9 Å². The molecule has 2 aromatic carbocycles. The highest BCUT2D eigenvalue weighted by molar-refractivity contribution is 7.86. The van der Waals surface area contributed by atoms with Crippen LogP contribution in [0.1, 0.15) is 82.3 Å². The smallest absolute Gasteiger partial charge is 0.282 e. The van der Waals surface area contributed by atoms with Gasteiger partial charge in [-0.25, -0.2) is 0 Å². The molecule has 0 aromatic heterocycles. The highest BCUT2D eigenvalue weighted by Gasteiger charge is 2.13. The van der Waals surface area contributed by atoms with Crippen molar-refractivity contribution in [3.05, 3.63) is 59.7 Å². The molecule has 33 heavy (non-hydrogen) atoms. The first-order valence-electron chi connectivity index (χ1n) is 11.6. The Morgan fingerprint density at radius 1 is 0.636 bits per heavy atom. The molecule has 0 saturated carbocycles. The molecule has 6 nitrogen and oxygen atoms in total. The van der Waals surface area contributed by atoms with Gasteiger partial charge in [0.05, 0.1) is 9.79 Å². The van der Waals surface area contributed by atoms with E-state index < -0.39 is 20.2 Å². The second-order valence-electron chi connectivity index (χ2n) is 8.30. The van der Waals surface area contributed by atoms with Crippen LogP contribution in [0.3, 0.4) is 0 Å². The monoisotopic (exact) mass is 498 g/mol. The number of hydrogen-bond donors (Lipinski definition) is 2. The van der Waals surface area contributed by atoms with Crippen LogP contribution in [0.25, 0.3) is 0 Å². The molecule has 2 N–H and O–H groups in total. The molecule has 0 atom stereocenters. The largest absolute Gasteiger partial charge is 0.294 e. The van der Waals surface area contributed by atoms with Crippen LogP contribution < -0.4 is 0 Å². The van der Waals surface area contributed by atoms with E-state index in [2.05, 4.69) is 6.92 Å². The van der Waals surface area contributed by atoms with Gasteiger partial charge in [-0.15, -0.1) is 0 Å². The first kappa shape index (κ1) is 29.3. The summed E-state index contributed by atoms with van der Waals surface area (Å²) in [6.45, 7) is 4.08. The van der Waals surface area contributed by atoms with Crippen LogP contribution in [0.15, 0.2) is 58.3 Å². The molecule has 0 saturated heterocycles. The molecule has 2 rings (SSSR count). The van der Waals surface area contributed by atoms with Crippen LogP contribution in [0, 0.1) is 6.92 Å². The fourth-order valence-electron chi connectivity index (χ4n) is 3.48. The summed E-state index contributed by atoms with van der Waals surface area (Å²) in [5.41, 5.74) is 1.68. The van der Waals surface area contributed by atoms with E-state index in [1.54, 1.807) is 24.3 Å². The van der Waals surface area contributed by atoms with Crippen molar-refractivity contribution in [3.8, 4) is 0 Å². The molecule has 186 valence electrons. The van der Waals surface area contributed by atoms with Gasteiger partial charge in [0, 0.05) is 0 Å². The molecule has 0 aliphatic carbocycles. The van der Waals surface area contributed by atoms with E-state index in [9.17, 15) is 21.4 Å². The Kier molecular flexibility index (Phi) is 13.5. The molecule has 0 radical (unpaired) electrons. The third-order valence-electron chi connectivity index (χ3n) is 5.37. The summed E-state index contributed by atoms with van der Waals surface area (Å²) in [5.74, 6) is 0. The van der Waals surface area contributed by atoms with Gasteiger partial charge in [-0.2, -0.15) is 16.8 Å². The zero-order valence-corrected chi connectivity index (χ0v) is 21.4. The van der Waals surface area contributed by atoms with Gasteiger partial charge >= 0.3 is 0 Å². The molecule has 0 bridgehead atoms. The number of hydrogen-bond acceptors (Lipinski definition) is 4. The maximum absolute atomic E-state index is 11.3. The average Bonchev–Trinajstić information content (AvgIpc) is 2.75. The van der Waals surface area contributed by atoms with Crippen molar-refractivity contribution in [2.45, 2.75) is 94.3 Å². The van der Waals surface area contributed by atoms with Crippen LogP contribution in [0.5, 0.6) is 0 Å². The number of aryl methyl sites for hydroxylation is 2. The van der Waals surface area contributed by atoms with Gasteiger partial charge in [-0.3, -0.25) is 9.11 Å². The van der Waals surface area contributed by atoms with Crippen molar-refractivity contribution in [2.75, 3.05) is 0 Å². The molecule has 0 aliphatic heterocycles. The van der Waals surface area contributed by atoms with Crippen molar-refractivity contribution in [2.24, 2.45) is 0 Å². The van der Waals surface area contributed by atoms with Crippen molar-refractivity contribution in [1.82, 2.24) is 0 Å². The summed E-state index contributed by atoms with van der Waals surface area (Å²) >= 11 is 0. The molecule has 2 aromatic rings. The minimum atomic E-state index is -4.10. The molecular formula is C25H38O6S2. The van der Waals surface area contributed by atoms with Crippen molar-refractivity contribution in [3.63, 3.8) is 0 Å². The Morgan fingerprint density at radius 3 is 1.61 bits per heavy atom. The molecule has 0 fully saturated rings. The zero-order chi connectivity index (χ0) is 24.7. The topological polar surface area (TPSA) is 109 Å². The van der Waals surface area contributed by atoms with E-state index in [0.29, 0.717) is 6.42 Å². The summed E-state index contributed by atoms with van der Waals surface area (Å²) in [6.07, 6.45) is 13.3. The molecule has 0 spiro atoms. The minimum Gasteiger partial charge on any atom is -0.282 e. The number of unbranched alkanes of at least 4 members (excludes halogenated alkanes) is 9. The maximum atomic E-state index is 11.3. The van der Waals surface area contributed by atoms with Crippen LogP contribution in [-0.2, 0) is 26.7 Å². The van der Waals surface area contributed by atoms with Crippen LogP contribution >= 0.6 is 0 Å². The van der Waals surface area contributed by atoms with Crippen LogP contribution in [0.4, 0.5) is 0 Å². The van der Waals surface area contributed by atoms with Crippen LogP contribution in [0.2, 0.25) is 0 Å². The first-order valence-corrected chi connectivity index (χ1v) is 14.5. The fourth-order valence-corrected chi connectivity index (χ4v) is 4.71. The SMILES string of the molecule is CCCCCCCCCCCCc1ccccc1S(=O)(=O)O.Cc1ccc(S(=O)(=O)O)cc1. The van der Waals surface area contributed by atoms with Gasteiger partial charge < -0.3 is 0 Å². The lowest BCUT2D eigenvalue weighted by Crippen LogP contribution is -2.03. The van der Waals surface area contributed by atoms with Crippen molar-refractivity contribution in [1.29, 1.82) is 0 Å². The highest BCUT2D eigenvalue weighted by atomic mass is 32.2. The number of rotatable bonds is 13. The van der Waals surface area contributed by atoms with Gasteiger partial charge in [0.15, 0.2) is 0 Å². The summed E-state index contributed by atoms with van der Waals surface area (Å²) in [4.78, 5) is -0.00553. The van der Waals surface area contributed by atoms with E-state index in [1.807, 2.05) is 13.0 Å². The Hall–Kier alpha value is -1.74. The third kappa shape index (κ3) is 12.9. The second kappa shape index (κ2) is 15.2. The van der Waals surface area contributed by atoms with E-state index in [4.69, 9.17) is 4.55 Å². The van der Waals surface area contributed by atoms with Gasteiger partial charge in [0.1, 0.15) is 0 Å². The van der Waals surface area contributed by atoms with E-state index in [-0.39, 0.29) is 9.79 Å². The lowest BCUT2D eigenvalue weighted by Gasteiger charge is -2.07. The third-order valence-corrected chi connectivity index (χ3v) is 7.19. The van der Waals surface area contributed by atoms with Crippen LogP contribution in [-0.4, -0.2) is 25.9 Å². The minimum absolute atomic E-state index is 0.0610. The summed E-state index contributed by atoms with van der Waals surface area (Å²) in [5, 5.41) is 0. The molecule has 8 heteroatoms. The molecule has 0 amide bonds. The lowest BCUT2D eigenvalue weighted by molar-refractivity contribution is 0.480. The zero-order valence-electron chi connectivity index (χ0n) is 19.7. The van der Waals surface area contributed by atoms with E-state index >= 15 is 0 Å². The Morgan fingerprint density at radius 2 is 1.12 bits per heavy atom. The second-order valence-corrected chi connectivity index (χ2v) is 11.1. The quantitative estimate of drug-likeness (QED) is 0.237. The summed E-state index contributed by atoms with van der Waals surface area (Å²) < 4.78 is 61.3. The summed E-state index contributed by atoms with van der Waals surface area (Å²) in [6, 6.07) is 12.7. The Bertz CT molecular complexity index is 1010. The molecule has 0 unspecified atom stereocenters. The first-order chi connectivity index (χ1) is 15.6. The summed E-state index contributed by atoms with van der Waals surface area (Å²) in [7, 11) is -8.12. The van der Waals surface area contributed by atoms with Gasteiger partial charge in [-0.05, 0) is 43.5 Å². The van der Waals surface area contributed by atoms with Crippen molar-refractivity contribution >= 4 is 20.2 Å². The predicted octanol–water partition coefficient (Wildman–Crippen LogP) is 6.64. The van der Waals surface area contributed by atoms with E-state index in [0.717, 1.165) is 24.0 Å². The predicted molar refractivity (Wildman–Crippen MR) is 133 cm³/mol. The maximum Gasteiger partial charge on any atom is 0.294 e. The lowest BCUT2D eigenvalue weighted by atomic mass is 10.0. The Balaban J connectivity index is 0.000000412. The molecular weight excluding hydrogens is 460 g/mol. The Labute approximate surface area is 199 Å². The molecule has 0 aliphatic rings. The van der Waals surface area contributed by atoms with Gasteiger partial charge in [0.2, 0.25) is 0 Å².